The normalized spacial score (nSPS) is 11.1. The Kier molecular flexibility index (Phi) is 7.19. The first-order valence-corrected chi connectivity index (χ1v) is 10.2. The quantitative estimate of drug-likeness (QED) is 0.570. The molecule has 0 saturated carbocycles. The maximum Gasteiger partial charge on any atom is 0.261 e. The summed E-state index contributed by atoms with van der Waals surface area (Å²) >= 11 is 0. The molecule has 0 radical (unpaired) electrons. The number of nitrogens with one attached hydrogen (secondary N) is 2. The molecule has 3 rings (SSSR count). The molecule has 1 aromatic carbocycles. The van der Waals surface area contributed by atoms with Crippen LogP contribution in [0.3, 0.4) is 0 Å². The molecule has 0 bridgehead atoms. The number of rotatable bonds is 9. The van der Waals surface area contributed by atoms with Crippen molar-refractivity contribution in [1.82, 2.24) is 25.0 Å². The summed E-state index contributed by atoms with van der Waals surface area (Å²) in [5.74, 6) is -0.373. The molecule has 0 unspecified atom stereocenters. The molecule has 0 saturated heterocycles. The summed E-state index contributed by atoms with van der Waals surface area (Å²) in [6.45, 7) is 6.37. The van der Waals surface area contributed by atoms with Crippen molar-refractivity contribution in [2.45, 2.75) is 33.4 Å². The Bertz CT molecular complexity index is 1040. The Morgan fingerprint density at radius 3 is 2.60 bits per heavy atom. The summed E-state index contributed by atoms with van der Waals surface area (Å²) in [6.07, 6.45) is 0.942. The molecule has 0 aliphatic heterocycles. The van der Waals surface area contributed by atoms with Gasteiger partial charge in [-0.2, -0.15) is 5.10 Å². The van der Waals surface area contributed by atoms with E-state index in [-0.39, 0.29) is 17.0 Å². The van der Waals surface area contributed by atoms with Gasteiger partial charge in [0.1, 0.15) is 5.56 Å². The maximum atomic E-state index is 12.4. The third-order valence-corrected chi connectivity index (χ3v) is 4.99. The lowest BCUT2D eigenvalue weighted by molar-refractivity contribution is 0.0950. The van der Waals surface area contributed by atoms with E-state index < -0.39 is 0 Å². The summed E-state index contributed by atoms with van der Waals surface area (Å²) in [6, 6.07) is 15.7. The minimum Gasteiger partial charge on any atom is -0.350 e. The second kappa shape index (κ2) is 10.0. The molecule has 0 atom stereocenters. The Hall–Kier alpha value is -3.19. The smallest absolute Gasteiger partial charge is 0.261 e. The van der Waals surface area contributed by atoms with Gasteiger partial charge >= 0.3 is 0 Å². The second-order valence-electron chi connectivity index (χ2n) is 7.61. The topological polar surface area (TPSA) is 83.0 Å². The molecule has 30 heavy (non-hydrogen) atoms. The van der Waals surface area contributed by atoms with E-state index in [1.807, 2.05) is 49.8 Å². The van der Waals surface area contributed by atoms with E-state index in [9.17, 15) is 9.59 Å². The zero-order chi connectivity index (χ0) is 21.5. The number of carbonyl (C=O) groups is 1. The third kappa shape index (κ3) is 5.90. The highest BCUT2D eigenvalue weighted by molar-refractivity contribution is 5.93. The van der Waals surface area contributed by atoms with Crippen molar-refractivity contribution in [1.29, 1.82) is 0 Å². The lowest BCUT2D eigenvalue weighted by Crippen LogP contribution is -2.33. The Labute approximate surface area is 176 Å². The predicted molar refractivity (Wildman–Crippen MR) is 118 cm³/mol. The van der Waals surface area contributed by atoms with Gasteiger partial charge in [0.2, 0.25) is 0 Å². The number of aryl methyl sites for hydroxylation is 2. The number of aromatic nitrogens is 3. The van der Waals surface area contributed by atoms with Gasteiger partial charge in [-0.25, -0.2) is 0 Å². The number of H-pyrrole nitrogens is 1. The van der Waals surface area contributed by atoms with Crippen LogP contribution in [0, 0.1) is 13.8 Å². The van der Waals surface area contributed by atoms with Crippen LogP contribution >= 0.6 is 0 Å². The Morgan fingerprint density at radius 2 is 1.93 bits per heavy atom. The van der Waals surface area contributed by atoms with Crippen molar-refractivity contribution in [3.05, 3.63) is 87.1 Å². The summed E-state index contributed by atoms with van der Waals surface area (Å²) < 4.78 is 1.84. The van der Waals surface area contributed by atoms with Crippen molar-refractivity contribution >= 4 is 5.91 Å². The van der Waals surface area contributed by atoms with Crippen molar-refractivity contribution in [2.75, 3.05) is 20.1 Å². The maximum absolute atomic E-state index is 12.4. The largest absolute Gasteiger partial charge is 0.350 e. The van der Waals surface area contributed by atoms with Crippen molar-refractivity contribution in [3.63, 3.8) is 0 Å². The third-order valence-electron chi connectivity index (χ3n) is 4.99. The molecule has 0 fully saturated rings. The van der Waals surface area contributed by atoms with E-state index in [1.165, 1.54) is 5.56 Å². The fourth-order valence-electron chi connectivity index (χ4n) is 3.39. The van der Waals surface area contributed by atoms with Gasteiger partial charge in [-0.3, -0.25) is 14.3 Å². The molecule has 2 heterocycles. The number of pyridine rings is 1. The highest BCUT2D eigenvalue weighted by atomic mass is 16.2. The van der Waals surface area contributed by atoms with E-state index in [4.69, 9.17) is 0 Å². The van der Waals surface area contributed by atoms with Gasteiger partial charge < -0.3 is 15.2 Å². The molecular formula is C23H29N5O2. The fraction of sp³-hybridized carbons (Fsp3) is 0.348. The van der Waals surface area contributed by atoms with Gasteiger partial charge in [0.15, 0.2) is 0 Å². The zero-order valence-electron chi connectivity index (χ0n) is 17.8. The van der Waals surface area contributed by atoms with Gasteiger partial charge in [-0.05, 0) is 51.1 Å². The molecule has 0 aliphatic carbocycles. The number of hydrogen-bond acceptors (Lipinski definition) is 4. The SMILES string of the molecule is Cc1cc(C)n(CCNC(=O)c2ccc(CN(C)CCc3ccccc3)[nH]c2=O)n1. The van der Waals surface area contributed by atoms with Crippen LogP contribution in [-0.4, -0.2) is 45.7 Å². The number of likely N-dealkylation sites (N-methyl/N-ethyl adjacent to an activating group) is 1. The van der Waals surface area contributed by atoms with E-state index in [0.717, 1.165) is 30.0 Å². The first kappa shape index (κ1) is 21.5. The number of carbonyl (C=O) groups excluding carboxylic acids is 1. The number of nitrogens with zero attached hydrogens (tertiary/aromatic N) is 3. The molecule has 0 spiro atoms. The van der Waals surface area contributed by atoms with Gasteiger partial charge in [0.25, 0.3) is 11.5 Å². The average Bonchev–Trinajstić information content (AvgIpc) is 3.04. The van der Waals surface area contributed by atoms with Crippen LogP contribution in [0.4, 0.5) is 0 Å². The molecule has 7 heteroatoms. The van der Waals surface area contributed by atoms with Crippen LogP contribution in [0.25, 0.3) is 0 Å². The average molecular weight is 408 g/mol. The van der Waals surface area contributed by atoms with E-state index in [2.05, 4.69) is 32.4 Å². The van der Waals surface area contributed by atoms with Gasteiger partial charge in [-0.1, -0.05) is 30.3 Å². The highest BCUT2D eigenvalue weighted by Gasteiger charge is 2.12. The number of aromatic amines is 1. The van der Waals surface area contributed by atoms with E-state index in [1.54, 1.807) is 12.1 Å². The summed E-state index contributed by atoms with van der Waals surface area (Å²) in [5.41, 5.74) is 3.81. The van der Waals surface area contributed by atoms with Crippen molar-refractivity contribution in [2.24, 2.45) is 0 Å². The zero-order valence-corrected chi connectivity index (χ0v) is 17.8. The molecule has 3 aromatic rings. The molecule has 158 valence electrons. The minimum absolute atomic E-state index is 0.124. The van der Waals surface area contributed by atoms with Crippen LogP contribution in [0.5, 0.6) is 0 Å². The lowest BCUT2D eigenvalue weighted by atomic mass is 10.1. The number of hydrogen-bond donors (Lipinski definition) is 2. The summed E-state index contributed by atoms with van der Waals surface area (Å²) in [5, 5.41) is 7.16. The molecule has 1 amide bonds. The first-order chi connectivity index (χ1) is 14.4. The lowest BCUT2D eigenvalue weighted by Gasteiger charge is -2.16. The predicted octanol–water partition coefficient (Wildman–Crippen LogP) is 2.29. The molecular weight excluding hydrogens is 378 g/mol. The van der Waals surface area contributed by atoms with Crippen LogP contribution in [-0.2, 0) is 19.5 Å². The summed E-state index contributed by atoms with van der Waals surface area (Å²) in [4.78, 5) is 29.7. The van der Waals surface area contributed by atoms with Crippen molar-refractivity contribution in [3.8, 4) is 0 Å². The van der Waals surface area contributed by atoms with Crippen LogP contribution in [0.2, 0.25) is 0 Å². The number of benzene rings is 1. The monoisotopic (exact) mass is 407 g/mol. The molecule has 2 aromatic heterocycles. The Balaban J connectivity index is 1.50. The van der Waals surface area contributed by atoms with Crippen LogP contribution < -0.4 is 10.9 Å². The van der Waals surface area contributed by atoms with Crippen molar-refractivity contribution < 1.29 is 4.79 Å². The standard InChI is InChI=1S/C23H29N5O2/c1-17-15-18(2)28(26-17)14-12-24-22(29)21-10-9-20(25-23(21)30)16-27(3)13-11-19-7-5-4-6-8-19/h4-10,15H,11-14,16H2,1-3H3,(H,24,29)(H,25,30). The van der Waals surface area contributed by atoms with E-state index >= 15 is 0 Å². The van der Waals surface area contributed by atoms with Crippen LogP contribution in [0.1, 0.15) is 33.0 Å². The fourth-order valence-corrected chi connectivity index (χ4v) is 3.39. The van der Waals surface area contributed by atoms with Gasteiger partial charge in [0.05, 0.1) is 12.2 Å². The second-order valence-corrected chi connectivity index (χ2v) is 7.61. The van der Waals surface area contributed by atoms with Gasteiger partial charge in [-0.15, -0.1) is 0 Å². The Morgan fingerprint density at radius 1 is 1.17 bits per heavy atom. The first-order valence-electron chi connectivity index (χ1n) is 10.2. The molecule has 7 nitrogen and oxygen atoms in total. The van der Waals surface area contributed by atoms with E-state index in [0.29, 0.717) is 19.6 Å². The summed E-state index contributed by atoms with van der Waals surface area (Å²) in [7, 11) is 2.01. The van der Waals surface area contributed by atoms with Gasteiger partial charge in [0, 0.05) is 31.0 Å². The molecule has 2 N–H and O–H groups in total. The number of amides is 1. The minimum atomic E-state index is -0.373. The van der Waals surface area contributed by atoms with Crippen LogP contribution in [0.15, 0.2) is 53.3 Å². The highest BCUT2D eigenvalue weighted by Crippen LogP contribution is 2.04. The molecule has 0 aliphatic rings.